The van der Waals surface area contributed by atoms with Crippen LogP contribution in [-0.4, -0.2) is 31.0 Å². The third-order valence-corrected chi connectivity index (χ3v) is 2.90. The summed E-state index contributed by atoms with van der Waals surface area (Å²) >= 11 is 5.73. The summed E-state index contributed by atoms with van der Waals surface area (Å²) < 4.78 is 5.25. The minimum Gasteiger partial charge on any atom is -0.484 e. The van der Waals surface area contributed by atoms with Gasteiger partial charge in [-0.05, 0) is 37.6 Å². The first-order chi connectivity index (χ1) is 9.51. The van der Waals surface area contributed by atoms with Crippen molar-refractivity contribution in [3.8, 4) is 5.75 Å². The second-order valence-electron chi connectivity index (χ2n) is 4.40. The molecule has 0 saturated carbocycles. The van der Waals surface area contributed by atoms with E-state index in [-0.39, 0.29) is 31.0 Å². The molecule has 2 amide bonds. The van der Waals surface area contributed by atoms with Gasteiger partial charge in [-0.25, -0.2) is 0 Å². The Morgan fingerprint density at radius 3 is 2.50 bits per heavy atom. The zero-order valence-corrected chi connectivity index (χ0v) is 12.4. The van der Waals surface area contributed by atoms with Crippen molar-refractivity contribution >= 4 is 23.4 Å². The fourth-order valence-electron chi connectivity index (χ4n) is 1.34. The summed E-state index contributed by atoms with van der Waals surface area (Å²) in [5.74, 6) is -0.00736. The number of hydrogen-bond donors (Lipinski definition) is 2. The van der Waals surface area contributed by atoms with E-state index in [9.17, 15) is 9.59 Å². The number of nitrogens with one attached hydrogen (secondary N) is 2. The maximum Gasteiger partial charge on any atom is 0.258 e. The first-order valence-corrected chi connectivity index (χ1v) is 6.83. The van der Waals surface area contributed by atoms with Crippen molar-refractivity contribution in [2.45, 2.75) is 26.3 Å². The highest BCUT2D eigenvalue weighted by Crippen LogP contribution is 2.15. The molecule has 5 nitrogen and oxygen atoms in total. The van der Waals surface area contributed by atoms with Crippen LogP contribution in [0.2, 0.25) is 5.02 Å². The molecule has 0 aliphatic carbocycles. The molecule has 1 aromatic carbocycles. The van der Waals surface area contributed by atoms with Crippen molar-refractivity contribution in [3.63, 3.8) is 0 Å². The van der Waals surface area contributed by atoms with Gasteiger partial charge in [0, 0.05) is 11.1 Å². The smallest absolute Gasteiger partial charge is 0.258 e. The van der Waals surface area contributed by atoms with Gasteiger partial charge in [0.25, 0.3) is 5.91 Å². The lowest BCUT2D eigenvalue weighted by Crippen LogP contribution is -2.41. The van der Waals surface area contributed by atoms with Crippen molar-refractivity contribution in [1.82, 2.24) is 10.6 Å². The number of hydrogen-bond acceptors (Lipinski definition) is 3. The van der Waals surface area contributed by atoms with Crippen LogP contribution < -0.4 is 15.4 Å². The molecule has 0 bridgehead atoms. The highest BCUT2D eigenvalue weighted by molar-refractivity contribution is 6.30. The number of amides is 2. The standard InChI is InChI=1S/C14H19ClN2O3/c1-3-10(2)17-13(18)8-16-14(19)9-20-12-6-4-11(15)5-7-12/h4-7,10H,3,8-9H2,1-2H3,(H,16,19)(H,17,18). The average molecular weight is 299 g/mol. The Bertz CT molecular complexity index is 448. The quantitative estimate of drug-likeness (QED) is 0.806. The van der Waals surface area contributed by atoms with E-state index in [0.29, 0.717) is 10.8 Å². The molecule has 20 heavy (non-hydrogen) atoms. The van der Waals surface area contributed by atoms with Gasteiger partial charge in [-0.3, -0.25) is 9.59 Å². The number of ether oxygens (including phenoxy) is 1. The normalized spacial score (nSPS) is 11.6. The third-order valence-electron chi connectivity index (χ3n) is 2.65. The van der Waals surface area contributed by atoms with Crippen molar-refractivity contribution in [3.05, 3.63) is 29.3 Å². The van der Waals surface area contributed by atoms with E-state index in [2.05, 4.69) is 10.6 Å². The summed E-state index contributed by atoms with van der Waals surface area (Å²) in [5.41, 5.74) is 0. The van der Waals surface area contributed by atoms with E-state index >= 15 is 0 Å². The summed E-state index contributed by atoms with van der Waals surface area (Å²) in [7, 11) is 0. The summed E-state index contributed by atoms with van der Waals surface area (Å²) in [5, 5.41) is 5.85. The Morgan fingerprint density at radius 2 is 1.90 bits per heavy atom. The van der Waals surface area contributed by atoms with E-state index in [0.717, 1.165) is 6.42 Å². The first kappa shape index (κ1) is 16.3. The molecule has 2 N–H and O–H groups in total. The molecule has 0 saturated heterocycles. The lowest BCUT2D eigenvalue weighted by atomic mass is 10.2. The minimum atomic E-state index is -0.348. The Morgan fingerprint density at radius 1 is 1.25 bits per heavy atom. The van der Waals surface area contributed by atoms with Crippen LogP contribution in [0.3, 0.4) is 0 Å². The largest absolute Gasteiger partial charge is 0.484 e. The first-order valence-electron chi connectivity index (χ1n) is 6.45. The topological polar surface area (TPSA) is 67.4 Å². The van der Waals surface area contributed by atoms with E-state index in [4.69, 9.17) is 16.3 Å². The molecule has 0 aromatic heterocycles. The van der Waals surface area contributed by atoms with Crippen LogP contribution in [0.5, 0.6) is 5.75 Å². The molecule has 0 fully saturated rings. The van der Waals surface area contributed by atoms with Crippen LogP contribution in [-0.2, 0) is 9.59 Å². The summed E-state index contributed by atoms with van der Waals surface area (Å²) in [4.78, 5) is 22.9. The molecule has 110 valence electrons. The van der Waals surface area contributed by atoms with Crippen LogP contribution >= 0.6 is 11.6 Å². The molecule has 0 radical (unpaired) electrons. The average Bonchev–Trinajstić information content (AvgIpc) is 2.44. The zero-order chi connectivity index (χ0) is 15.0. The van der Waals surface area contributed by atoms with Crippen molar-refractivity contribution in [1.29, 1.82) is 0 Å². The second kappa shape index (κ2) is 8.43. The molecule has 1 rings (SSSR count). The van der Waals surface area contributed by atoms with E-state index in [1.165, 1.54) is 0 Å². The minimum absolute atomic E-state index is 0.0485. The van der Waals surface area contributed by atoms with E-state index < -0.39 is 0 Å². The molecule has 0 spiro atoms. The molecular weight excluding hydrogens is 280 g/mol. The number of benzene rings is 1. The van der Waals surface area contributed by atoms with Crippen LogP contribution in [0.4, 0.5) is 0 Å². The van der Waals surface area contributed by atoms with Crippen molar-refractivity contribution in [2.24, 2.45) is 0 Å². The second-order valence-corrected chi connectivity index (χ2v) is 4.83. The van der Waals surface area contributed by atoms with Gasteiger partial charge in [0.2, 0.25) is 5.91 Å². The van der Waals surface area contributed by atoms with E-state index in [1.54, 1.807) is 24.3 Å². The Labute approximate surface area is 123 Å². The van der Waals surface area contributed by atoms with Crippen LogP contribution in [0.1, 0.15) is 20.3 Å². The van der Waals surface area contributed by atoms with Crippen molar-refractivity contribution < 1.29 is 14.3 Å². The fourth-order valence-corrected chi connectivity index (χ4v) is 1.46. The van der Waals surface area contributed by atoms with E-state index in [1.807, 2.05) is 13.8 Å². The zero-order valence-electron chi connectivity index (χ0n) is 11.6. The lowest BCUT2D eigenvalue weighted by molar-refractivity contribution is -0.127. The van der Waals surface area contributed by atoms with Gasteiger partial charge in [-0.2, -0.15) is 0 Å². The predicted octanol–water partition coefficient (Wildman–Crippen LogP) is 1.75. The summed E-state index contributed by atoms with van der Waals surface area (Å²) in [6, 6.07) is 6.80. The highest BCUT2D eigenvalue weighted by atomic mass is 35.5. The van der Waals surface area contributed by atoms with Gasteiger partial charge in [-0.15, -0.1) is 0 Å². The highest BCUT2D eigenvalue weighted by Gasteiger charge is 2.08. The van der Waals surface area contributed by atoms with Gasteiger partial charge < -0.3 is 15.4 Å². The van der Waals surface area contributed by atoms with Crippen molar-refractivity contribution in [2.75, 3.05) is 13.2 Å². The molecule has 6 heteroatoms. The predicted molar refractivity (Wildman–Crippen MR) is 77.9 cm³/mol. The number of carbonyl (C=O) groups is 2. The number of halogens is 1. The molecule has 1 aromatic rings. The van der Waals surface area contributed by atoms with Gasteiger partial charge >= 0.3 is 0 Å². The Balaban J connectivity index is 2.23. The molecule has 1 atom stereocenters. The van der Waals surface area contributed by atoms with Gasteiger partial charge in [0.1, 0.15) is 5.75 Å². The Kier molecular flexibility index (Phi) is 6.87. The SMILES string of the molecule is CCC(C)NC(=O)CNC(=O)COc1ccc(Cl)cc1. The monoisotopic (exact) mass is 298 g/mol. The van der Waals surface area contributed by atoms with Gasteiger partial charge in [0.15, 0.2) is 6.61 Å². The summed E-state index contributed by atoms with van der Waals surface area (Å²) in [6.45, 7) is 3.69. The Hall–Kier alpha value is -1.75. The molecular formula is C14H19ClN2O3. The molecule has 0 aliphatic rings. The van der Waals surface area contributed by atoms with Crippen LogP contribution in [0.15, 0.2) is 24.3 Å². The lowest BCUT2D eigenvalue weighted by Gasteiger charge is -2.12. The van der Waals surface area contributed by atoms with Gasteiger partial charge in [-0.1, -0.05) is 18.5 Å². The number of carbonyl (C=O) groups excluding carboxylic acids is 2. The molecule has 0 heterocycles. The van der Waals surface area contributed by atoms with Crippen LogP contribution in [0, 0.1) is 0 Å². The molecule has 0 aliphatic heterocycles. The van der Waals surface area contributed by atoms with Gasteiger partial charge in [0.05, 0.1) is 6.54 Å². The maximum absolute atomic E-state index is 11.5. The fraction of sp³-hybridized carbons (Fsp3) is 0.429. The third kappa shape index (κ3) is 6.43. The molecule has 1 unspecified atom stereocenters. The summed E-state index contributed by atoms with van der Waals surface area (Å²) in [6.07, 6.45) is 0.847. The number of rotatable bonds is 7. The van der Waals surface area contributed by atoms with Crippen LogP contribution in [0.25, 0.3) is 0 Å². The maximum atomic E-state index is 11.5.